The molecule has 0 radical (unpaired) electrons. The van der Waals surface area contributed by atoms with Crippen molar-refractivity contribution in [2.45, 2.75) is 12.8 Å². The third-order valence-electron chi connectivity index (χ3n) is 5.69. The number of fused-ring (bicyclic) bond motifs is 1. The van der Waals surface area contributed by atoms with Crippen LogP contribution in [0, 0.1) is 6.92 Å². The van der Waals surface area contributed by atoms with Crippen LogP contribution >= 0.6 is 11.3 Å². The topological polar surface area (TPSA) is 30.8 Å². The van der Waals surface area contributed by atoms with Gasteiger partial charge in [-0.1, -0.05) is 60.7 Å². The van der Waals surface area contributed by atoms with Crippen molar-refractivity contribution < 1.29 is 9.47 Å². The monoisotopic (exact) mass is 437 g/mol. The molecule has 4 aromatic rings. The number of aryl methyl sites for hydroxylation is 1. The van der Waals surface area contributed by atoms with E-state index < -0.39 is 0 Å². The van der Waals surface area contributed by atoms with E-state index in [1.165, 1.54) is 11.1 Å². The number of hydrogen-bond acceptors (Lipinski definition) is 4. The molecule has 0 fully saturated rings. The summed E-state index contributed by atoms with van der Waals surface area (Å²) in [5.74, 6) is 2.49. The minimum absolute atomic E-state index is 0.0108. The second kappa shape index (κ2) is 8.85. The highest BCUT2D eigenvalue weighted by atomic mass is 32.1. The molecular weight excluding hydrogens is 414 g/mol. The fraction of sp³-hybridized carbons (Fsp3) is 0.107. The van der Waals surface area contributed by atoms with Crippen LogP contribution in [0.15, 0.2) is 101 Å². The van der Waals surface area contributed by atoms with E-state index in [2.05, 4.69) is 60.8 Å². The van der Waals surface area contributed by atoms with Gasteiger partial charge in [-0.15, -0.1) is 11.3 Å². The van der Waals surface area contributed by atoms with Crippen molar-refractivity contribution in [3.8, 4) is 11.5 Å². The van der Waals surface area contributed by atoms with Gasteiger partial charge in [-0.25, -0.2) is 0 Å². The molecule has 0 saturated carbocycles. The summed E-state index contributed by atoms with van der Waals surface area (Å²) in [6, 6.07) is 28.8. The molecule has 0 saturated heterocycles. The zero-order valence-corrected chi connectivity index (χ0v) is 18.8. The molecule has 3 nitrogen and oxygen atoms in total. The molecule has 2 heterocycles. The van der Waals surface area contributed by atoms with Crippen LogP contribution in [0.4, 0.5) is 5.69 Å². The Kier molecular flexibility index (Phi) is 5.61. The van der Waals surface area contributed by atoms with Crippen molar-refractivity contribution in [1.82, 2.24) is 0 Å². The van der Waals surface area contributed by atoms with Crippen LogP contribution in [-0.2, 0) is 0 Å². The van der Waals surface area contributed by atoms with Crippen LogP contribution in [0.5, 0.6) is 11.5 Å². The molecule has 0 aliphatic carbocycles. The number of para-hydroxylation sites is 3. The highest BCUT2D eigenvalue weighted by Crippen LogP contribution is 2.46. The fourth-order valence-electron chi connectivity index (χ4n) is 4.13. The van der Waals surface area contributed by atoms with Crippen molar-refractivity contribution in [2.24, 2.45) is 4.99 Å². The van der Waals surface area contributed by atoms with E-state index in [0.29, 0.717) is 0 Å². The number of rotatable bonds is 5. The van der Waals surface area contributed by atoms with E-state index in [9.17, 15) is 0 Å². The second-order valence-corrected chi connectivity index (χ2v) is 8.57. The van der Waals surface area contributed by atoms with Gasteiger partial charge in [0.05, 0.1) is 12.0 Å². The third kappa shape index (κ3) is 3.74. The number of thiophene rings is 1. The quantitative estimate of drug-likeness (QED) is 0.305. The average molecular weight is 438 g/mol. The molecule has 0 bridgehead atoms. The van der Waals surface area contributed by atoms with Crippen molar-refractivity contribution in [3.63, 3.8) is 0 Å². The van der Waals surface area contributed by atoms with Crippen LogP contribution in [0.25, 0.3) is 5.76 Å². The number of benzene rings is 3. The predicted octanol–water partition coefficient (Wildman–Crippen LogP) is 7.40. The maximum absolute atomic E-state index is 6.49. The number of ether oxygens (including phenoxy) is 2. The first kappa shape index (κ1) is 20.3. The first-order valence-electron chi connectivity index (χ1n) is 10.5. The molecule has 3 aromatic carbocycles. The van der Waals surface area contributed by atoms with Gasteiger partial charge >= 0.3 is 0 Å². The van der Waals surface area contributed by atoms with Crippen LogP contribution in [0.3, 0.4) is 0 Å². The molecule has 32 heavy (non-hydrogen) atoms. The van der Waals surface area contributed by atoms with Gasteiger partial charge < -0.3 is 9.47 Å². The van der Waals surface area contributed by atoms with Gasteiger partial charge in [-0.2, -0.15) is 0 Å². The van der Waals surface area contributed by atoms with Crippen LogP contribution in [-0.4, -0.2) is 13.3 Å². The first-order chi connectivity index (χ1) is 15.8. The minimum Gasteiger partial charge on any atom is -0.494 e. The second-order valence-electron chi connectivity index (χ2n) is 7.62. The van der Waals surface area contributed by atoms with Crippen molar-refractivity contribution >= 4 is 29.0 Å². The Morgan fingerprint density at radius 2 is 1.62 bits per heavy atom. The van der Waals surface area contributed by atoms with E-state index in [4.69, 9.17) is 14.5 Å². The first-order valence-corrected chi connectivity index (χ1v) is 11.4. The van der Waals surface area contributed by atoms with E-state index in [1.807, 2.05) is 42.6 Å². The Balaban J connectivity index is 1.74. The van der Waals surface area contributed by atoms with Crippen molar-refractivity contribution in [2.75, 3.05) is 7.11 Å². The summed E-state index contributed by atoms with van der Waals surface area (Å²) in [6.07, 6.45) is 1.94. The van der Waals surface area contributed by atoms with Gasteiger partial charge in [0.2, 0.25) is 0 Å². The standard InChI is InChI=1S/C28H23NO2S/c1-19-10-3-4-11-20(19)27-21-12-5-7-14-24(21)31-28(26-16-9-17-32-26)22(27)18-29-23-13-6-8-15-25(23)30-2/h3-18,27H,1-2H3. The molecule has 1 aliphatic rings. The average Bonchev–Trinajstić information content (AvgIpc) is 3.37. The Morgan fingerprint density at radius 1 is 0.875 bits per heavy atom. The number of methoxy groups -OCH3 is 1. The smallest absolute Gasteiger partial charge is 0.150 e. The van der Waals surface area contributed by atoms with Crippen LogP contribution in [0.1, 0.15) is 27.5 Å². The molecule has 0 N–H and O–H groups in total. The van der Waals surface area contributed by atoms with Crippen molar-refractivity contribution in [1.29, 1.82) is 0 Å². The molecule has 1 aliphatic heterocycles. The Bertz CT molecular complexity index is 1300. The number of hydrogen-bond donors (Lipinski definition) is 0. The summed E-state index contributed by atoms with van der Waals surface area (Å²) in [4.78, 5) is 5.94. The molecule has 5 rings (SSSR count). The van der Waals surface area contributed by atoms with Crippen LogP contribution in [0.2, 0.25) is 0 Å². The molecular formula is C28H23NO2S. The fourth-order valence-corrected chi connectivity index (χ4v) is 4.86. The molecule has 158 valence electrons. The van der Waals surface area contributed by atoms with E-state index in [0.717, 1.165) is 39.0 Å². The lowest BCUT2D eigenvalue weighted by Gasteiger charge is -2.30. The predicted molar refractivity (Wildman–Crippen MR) is 132 cm³/mol. The molecule has 1 atom stereocenters. The molecule has 1 aromatic heterocycles. The summed E-state index contributed by atoms with van der Waals surface area (Å²) in [7, 11) is 1.67. The molecule has 1 unspecified atom stereocenters. The summed E-state index contributed by atoms with van der Waals surface area (Å²) in [5, 5.41) is 2.07. The lowest BCUT2D eigenvalue weighted by atomic mass is 9.80. The Labute approximate surface area is 192 Å². The maximum Gasteiger partial charge on any atom is 0.150 e. The zero-order chi connectivity index (χ0) is 21.9. The maximum atomic E-state index is 6.49. The van der Waals surface area contributed by atoms with E-state index in [1.54, 1.807) is 18.4 Å². The Morgan fingerprint density at radius 3 is 2.41 bits per heavy atom. The highest BCUT2D eigenvalue weighted by Gasteiger charge is 2.32. The summed E-state index contributed by atoms with van der Waals surface area (Å²) < 4.78 is 12.0. The van der Waals surface area contributed by atoms with Crippen molar-refractivity contribution in [3.05, 3.63) is 117 Å². The van der Waals surface area contributed by atoms with Gasteiger partial charge in [0.25, 0.3) is 0 Å². The van der Waals surface area contributed by atoms with E-state index >= 15 is 0 Å². The van der Waals surface area contributed by atoms with Gasteiger partial charge in [0.1, 0.15) is 22.9 Å². The molecule has 0 spiro atoms. The Hall–Kier alpha value is -3.63. The lowest BCUT2D eigenvalue weighted by Crippen LogP contribution is -2.17. The highest BCUT2D eigenvalue weighted by molar-refractivity contribution is 7.11. The number of allylic oxidation sites excluding steroid dienone is 1. The summed E-state index contributed by atoms with van der Waals surface area (Å²) in [5.41, 5.74) is 5.45. The number of nitrogens with zero attached hydrogens (tertiary/aromatic N) is 1. The van der Waals surface area contributed by atoms with Gasteiger partial charge in [0.15, 0.2) is 0 Å². The zero-order valence-electron chi connectivity index (χ0n) is 18.0. The molecule has 4 heteroatoms. The number of aliphatic imine (C=N–C) groups is 1. The third-order valence-corrected chi connectivity index (χ3v) is 6.56. The summed E-state index contributed by atoms with van der Waals surface area (Å²) in [6.45, 7) is 2.16. The largest absolute Gasteiger partial charge is 0.494 e. The summed E-state index contributed by atoms with van der Waals surface area (Å²) >= 11 is 1.67. The van der Waals surface area contributed by atoms with E-state index in [-0.39, 0.29) is 5.92 Å². The van der Waals surface area contributed by atoms with Gasteiger partial charge in [-0.3, -0.25) is 4.99 Å². The SMILES string of the molecule is COc1ccccc1N=CC1=C(c2cccs2)Oc2ccccc2C1c1ccccc1C. The van der Waals surface area contributed by atoms with Crippen LogP contribution < -0.4 is 9.47 Å². The lowest BCUT2D eigenvalue weighted by molar-refractivity contribution is 0.416. The minimum atomic E-state index is 0.0108. The van der Waals surface area contributed by atoms with Gasteiger partial charge in [-0.05, 0) is 47.7 Å². The molecule has 0 amide bonds. The normalized spacial score (nSPS) is 15.5. The van der Waals surface area contributed by atoms with Gasteiger partial charge in [0, 0.05) is 23.3 Å².